The van der Waals surface area contributed by atoms with Crippen molar-refractivity contribution in [3.05, 3.63) is 58.6 Å². The molecule has 0 aromatic heterocycles. The fourth-order valence-electron chi connectivity index (χ4n) is 1.72. The zero-order chi connectivity index (χ0) is 14.0. The lowest BCUT2D eigenvalue weighted by molar-refractivity contribution is -0.141. The van der Waals surface area contributed by atoms with Crippen LogP contribution in [-0.2, 0) is 10.7 Å². The molecule has 0 N–H and O–H groups in total. The molecule has 0 aliphatic heterocycles. The maximum Gasteiger partial charge on any atom is 0.330 e. The zero-order valence-corrected chi connectivity index (χ0v) is 11.7. The van der Waals surface area contributed by atoms with Crippen molar-refractivity contribution in [3.63, 3.8) is 0 Å². The lowest BCUT2D eigenvalue weighted by Gasteiger charge is -2.13. The van der Waals surface area contributed by atoms with Crippen molar-refractivity contribution in [2.45, 2.75) is 12.8 Å². The molecule has 0 spiro atoms. The van der Waals surface area contributed by atoms with E-state index in [-0.39, 0.29) is 5.56 Å². The molecule has 2 aromatic carbocycles. The van der Waals surface area contributed by atoms with Gasteiger partial charge in [-0.25, -0.2) is 0 Å². The molecular weight excluding hydrogens is 314 g/mol. The van der Waals surface area contributed by atoms with Crippen molar-refractivity contribution in [1.29, 1.82) is 0 Å². The van der Waals surface area contributed by atoms with Gasteiger partial charge in [-0.05, 0) is 23.3 Å². The van der Waals surface area contributed by atoms with Crippen LogP contribution >= 0.6 is 15.9 Å². The molecule has 0 amide bonds. The summed E-state index contributed by atoms with van der Waals surface area (Å²) in [6.45, 7) is 0.892. The predicted molar refractivity (Wildman–Crippen MR) is 74.2 cm³/mol. The summed E-state index contributed by atoms with van der Waals surface area (Å²) < 4.78 is 28.0. The number of alkyl halides is 2. The first-order valence-corrected chi connectivity index (χ1v) is 6.46. The molecular formula is C15H11BrF2O. The highest BCUT2D eigenvalue weighted by Crippen LogP contribution is 2.31. The summed E-state index contributed by atoms with van der Waals surface area (Å²) in [4.78, 5) is 10.9. The molecule has 1 nitrogen and oxygen atoms in total. The second-order valence-corrected chi connectivity index (χ2v) is 5.13. The molecule has 0 bridgehead atoms. The number of benzene rings is 2. The van der Waals surface area contributed by atoms with E-state index in [1.54, 1.807) is 12.1 Å². The zero-order valence-electron chi connectivity index (χ0n) is 10.2. The van der Waals surface area contributed by atoms with E-state index in [0.717, 1.165) is 22.5 Å². The van der Waals surface area contributed by atoms with Gasteiger partial charge in [0.1, 0.15) is 0 Å². The van der Waals surface area contributed by atoms with E-state index >= 15 is 0 Å². The Labute approximate surface area is 118 Å². The number of rotatable bonds is 3. The fourth-order valence-corrected chi connectivity index (χ4v) is 1.98. The topological polar surface area (TPSA) is 17.1 Å². The molecule has 98 valence electrons. The minimum Gasteiger partial charge on any atom is -0.293 e. The maximum absolute atomic E-state index is 13.5. The lowest BCUT2D eigenvalue weighted by atomic mass is 10.00. The lowest BCUT2D eigenvalue weighted by Crippen LogP contribution is -2.22. The summed E-state index contributed by atoms with van der Waals surface area (Å²) in [6, 6.07) is 13.3. The van der Waals surface area contributed by atoms with Gasteiger partial charge in [0.15, 0.2) is 0 Å². The monoisotopic (exact) mass is 324 g/mol. The molecule has 0 unspecified atom stereocenters. The highest BCUT2D eigenvalue weighted by Gasteiger charge is 2.37. The van der Waals surface area contributed by atoms with Crippen molar-refractivity contribution >= 4 is 21.7 Å². The molecule has 0 atom stereocenters. The van der Waals surface area contributed by atoms with E-state index in [0.29, 0.717) is 0 Å². The third-order valence-corrected chi connectivity index (χ3v) is 3.40. The van der Waals surface area contributed by atoms with Crippen LogP contribution in [0.1, 0.15) is 12.5 Å². The van der Waals surface area contributed by atoms with E-state index in [1.807, 2.05) is 24.3 Å². The Kier molecular flexibility index (Phi) is 3.80. The van der Waals surface area contributed by atoms with Gasteiger partial charge in [0.05, 0.1) is 0 Å². The molecule has 0 saturated heterocycles. The molecule has 2 aromatic rings. The van der Waals surface area contributed by atoms with Gasteiger partial charge in [-0.3, -0.25) is 4.79 Å². The second-order valence-electron chi connectivity index (χ2n) is 4.21. The molecule has 2 rings (SSSR count). The van der Waals surface area contributed by atoms with Crippen LogP contribution in [0.4, 0.5) is 8.78 Å². The van der Waals surface area contributed by atoms with Crippen molar-refractivity contribution in [3.8, 4) is 11.1 Å². The van der Waals surface area contributed by atoms with Crippen LogP contribution in [0.15, 0.2) is 53.0 Å². The minimum absolute atomic E-state index is 0.277. The Morgan fingerprint density at radius 3 is 1.79 bits per heavy atom. The third kappa shape index (κ3) is 2.89. The van der Waals surface area contributed by atoms with E-state index < -0.39 is 11.7 Å². The van der Waals surface area contributed by atoms with Gasteiger partial charge < -0.3 is 0 Å². The predicted octanol–water partition coefficient (Wildman–Crippen LogP) is 4.80. The van der Waals surface area contributed by atoms with Gasteiger partial charge in [-0.15, -0.1) is 0 Å². The van der Waals surface area contributed by atoms with Gasteiger partial charge in [0, 0.05) is 17.0 Å². The maximum atomic E-state index is 13.5. The molecule has 0 saturated carbocycles. The third-order valence-electron chi connectivity index (χ3n) is 2.87. The van der Waals surface area contributed by atoms with Crippen LogP contribution < -0.4 is 0 Å². The number of carbonyl (C=O) groups excluding carboxylic acids is 1. The summed E-state index contributed by atoms with van der Waals surface area (Å²) in [7, 11) is 0. The Balaban J connectivity index is 2.33. The minimum atomic E-state index is -3.42. The van der Waals surface area contributed by atoms with E-state index in [1.165, 1.54) is 12.1 Å². The van der Waals surface area contributed by atoms with Gasteiger partial charge >= 0.3 is 5.92 Å². The van der Waals surface area contributed by atoms with E-state index in [4.69, 9.17) is 0 Å². The fraction of sp³-hybridized carbons (Fsp3) is 0.133. The van der Waals surface area contributed by atoms with Crippen molar-refractivity contribution in [2.75, 3.05) is 0 Å². The van der Waals surface area contributed by atoms with Gasteiger partial charge in [0.25, 0.3) is 0 Å². The van der Waals surface area contributed by atoms with Crippen LogP contribution in [0, 0.1) is 0 Å². The number of carbonyl (C=O) groups is 1. The first kappa shape index (κ1) is 13.9. The first-order valence-electron chi connectivity index (χ1n) is 5.66. The Hall–Kier alpha value is -1.55. The van der Waals surface area contributed by atoms with Gasteiger partial charge in [0.2, 0.25) is 5.78 Å². The number of hydrogen-bond donors (Lipinski definition) is 0. The molecule has 0 fully saturated rings. The van der Waals surface area contributed by atoms with Crippen LogP contribution in [0.25, 0.3) is 11.1 Å². The highest BCUT2D eigenvalue weighted by atomic mass is 79.9. The molecule has 0 aliphatic rings. The van der Waals surface area contributed by atoms with Crippen LogP contribution in [-0.4, -0.2) is 5.78 Å². The molecule has 0 aliphatic carbocycles. The number of hydrogen-bond acceptors (Lipinski definition) is 1. The second kappa shape index (κ2) is 5.21. The van der Waals surface area contributed by atoms with Gasteiger partial charge in [-0.1, -0.05) is 52.3 Å². The number of halogens is 3. The van der Waals surface area contributed by atoms with Crippen molar-refractivity contribution in [1.82, 2.24) is 0 Å². The number of ketones is 1. The standard InChI is InChI=1S/C15H11BrF2O/c1-10(19)15(17,18)13-6-2-11(3-7-13)12-4-8-14(16)9-5-12/h2-9H,1H3. The van der Waals surface area contributed by atoms with E-state index in [9.17, 15) is 13.6 Å². The Bertz CT molecular complexity index is 589. The smallest absolute Gasteiger partial charge is 0.293 e. The Morgan fingerprint density at radius 1 is 0.947 bits per heavy atom. The number of Topliss-reactive ketones (excluding diaryl/α,β-unsaturated/α-hetero) is 1. The largest absolute Gasteiger partial charge is 0.330 e. The molecule has 0 heterocycles. The molecule has 4 heteroatoms. The van der Waals surface area contributed by atoms with Crippen LogP contribution in [0.5, 0.6) is 0 Å². The summed E-state index contributed by atoms with van der Waals surface area (Å²) in [5, 5.41) is 0. The quantitative estimate of drug-likeness (QED) is 0.792. The normalized spacial score (nSPS) is 11.4. The molecule has 0 radical (unpaired) electrons. The van der Waals surface area contributed by atoms with Crippen molar-refractivity contribution in [2.24, 2.45) is 0 Å². The average Bonchev–Trinajstić information content (AvgIpc) is 2.39. The van der Waals surface area contributed by atoms with Crippen LogP contribution in [0.3, 0.4) is 0 Å². The van der Waals surface area contributed by atoms with Gasteiger partial charge in [-0.2, -0.15) is 8.78 Å². The summed E-state index contributed by atoms with van der Waals surface area (Å²) in [5.41, 5.74) is 1.48. The van der Waals surface area contributed by atoms with Crippen LogP contribution in [0.2, 0.25) is 0 Å². The SMILES string of the molecule is CC(=O)C(F)(F)c1ccc(-c2ccc(Br)cc2)cc1. The van der Waals surface area contributed by atoms with E-state index in [2.05, 4.69) is 15.9 Å². The Morgan fingerprint density at radius 2 is 1.37 bits per heavy atom. The highest BCUT2D eigenvalue weighted by molar-refractivity contribution is 9.10. The molecule has 19 heavy (non-hydrogen) atoms. The summed E-state index contributed by atoms with van der Waals surface area (Å²) >= 11 is 3.33. The van der Waals surface area contributed by atoms with Crippen molar-refractivity contribution < 1.29 is 13.6 Å². The first-order chi connectivity index (χ1) is 8.91. The summed E-state index contributed by atoms with van der Waals surface area (Å²) in [6.07, 6.45) is 0. The summed E-state index contributed by atoms with van der Waals surface area (Å²) in [5.74, 6) is -4.57. The average molecular weight is 325 g/mol.